The van der Waals surface area contributed by atoms with Crippen LogP contribution in [0.3, 0.4) is 0 Å². The highest BCUT2D eigenvalue weighted by Crippen LogP contribution is 2.44. The summed E-state index contributed by atoms with van der Waals surface area (Å²) in [4.78, 5) is 36.0. The molecular formula is C26H32N2O5. The standard InChI is InChI=1S/C26H32N2O5/c1-16(2)12-13-23(25(30)31)28-24(29)14-17(3)27-26(32)33-15-22-20-10-6-4-8-18(20)19-9-5-7-11-21(19)22/h4-11,16-17,22-23H,12-15H2,1-3H3,(H,27,32)(H,28,29)(H,30,31)/t17-,23?/m1/s1. The molecule has 1 aliphatic carbocycles. The highest BCUT2D eigenvalue weighted by molar-refractivity contribution is 5.84. The number of carboxylic acids is 1. The fourth-order valence-electron chi connectivity index (χ4n) is 4.18. The first-order chi connectivity index (χ1) is 15.8. The van der Waals surface area contributed by atoms with Gasteiger partial charge in [0.15, 0.2) is 0 Å². The average molecular weight is 453 g/mol. The Kier molecular flexibility index (Phi) is 8.09. The zero-order valence-electron chi connectivity index (χ0n) is 19.3. The zero-order valence-corrected chi connectivity index (χ0v) is 19.3. The van der Waals surface area contributed by atoms with E-state index in [2.05, 4.69) is 22.8 Å². The molecule has 0 saturated heterocycles. The van der Waals surface area contributed by atoms with Crippen molar-refractivity contribution in [3.8, 4) is 11.1 Å². The Morgan fingerprint density at radius 1 is 0.909 bits per heavy atom. The fourth-order valence-corrected chi connectivity index (χ4v) is 4.18. The molecule has 7 heteroatoms. The Bertz CT molecular complexity index is 958. The van der Waals surface area contributed by atoms with Crippen LogP contribution in [0.5, 0.6) is 0 Å². The van der Waals surface area contributed by atoms with Crippen LogP contribution in [-0.2, 0) is 14.3 Å². The van der Waals surface area contributed by atoms with Crippen molar-refractivity contribution in [2.75, 3.05) is 6.61 Å². The lowest BCUT2D eigenvalue weighted by Gasteiger charge is -2.19. The number of carboxylic acid groups (broad SMARTS) is 1. The third-order valence-corrected chi connectivity index (χ3v) is 5.87. The quantitative estimate of drug-likeness (QED) is 0.498. The summed E-state index contributed by atoms with van der Waals surface area (Å²) in [5, 5.41) is 14.5. The molecule has 0 aromatic heterocycles. The minimum atomic E-state index is -1.05. The monoisotopic (exact) mass is 452 g/mol. The molecule has 3 N–H and O–H groups in total. The minimum Gasteiger partial charge on any atom is -0.480 e. The number of hydrogen-bond donors (Lipinski definition) is 3. The van der Waals surface area contributed by atoms with Gasteiger partial charge in [-0.1, -0.05) is 62.4 Å². The van der Waals surface area contributed by atoms with Gasteiger partial charge in [-0.3, -0.25) is 4.79 Å². The predicted octanol–water partition coefficient (Wildman–Crippen LogP) is 4.31. The van der Waals surface area contributed by atoms with Gasteiger partial charge in [-0.25, -0.2) is 9.59 Å². The Morgan fingerprint density at radius 2 is 1.48 bits per heavy atom. The maximum atomic E-state index is 12.4. The lowest BCUT2D eigenvalue weighted by molar-refractivity contribution is -0.142. The van der Waals surface area contributed by atoms with Crippen molar-refractivity contribution in [2.24, 2.45) is 5.92 Å². The summed E-state index contributed by atoms with van der Waals surface area (Å²) in [7, 11) is 0. The Balaban J connectivity index is 1.50. The maximum absolute atomic E-state index is 12.4. The number of hydrogen-bond acceptors (Lipinski definition) is 4. The molecule has 0 bridgehead atoms. The van der Waals surface area contributed by atoms with E-state index in [4.69, 9.17) is 4.74 Å². The summed E-state index contributed by atoms with van der Waals surface area (Å²) in [6.45, 7) is 5.88. The van der Waals surface area contributed by atoms with Crippen LogP contribution in [0.2, 0.25) is 0 Å². The number of rotatable bonds is 10. The van der Waals surface area contributed by atoms with Crippen LogP contribution in [0.4, 0.5) is 4.79 Å². The number of carbonyl (C=O) groups is 3. The van der Waals surface area contributed by atoms with Crippen molar-refractivity contribution >= 4 is 18.0 Å². The summed E-state index contributed by atoms with van der Waals surface area (Å²) in [5.41, 5.74) is 4.55. The molecule has 0 aliphatic heterocycles. The molecule has 176 valence electrons. The van der Waals surface area contributed by atoms with Gasteiger partial charge in [-0.15, -0.1) is 0 Å². The van der Waals surface area contributed by atoms with E-state index in [1.54, 1.807) is 6.92 Å². The molecule has 0 fully saturated rings. The number of aliphatic carboxylic acids is 1. The Labute approximate surface area is 194 Å². The number of alkyl carbamates (subject to hydrolysis) is 1. The van der Waals surface area contributed by atoms with Gasteiger partial charge in [0.2, 0.25) is 5.91 Å². The number of benzene rings is 2. The highest BCUT2D eigenvalue weighted by Gasteiger charge is 2.29. The van der Waals surface area contributed by atoms with Gasteiger partial charge in [-0.2, -0.15) is 0 Å². The summed E-state index contributed by atoms with van der Waals surface area (Å²) in [6.07, 6.45) is 0.430. The molecule has 33 heavy (non-hydrogen) atoms. The molecule has 0 spiro atoms. The van der Waals surface area contributed by atoms with Crippen molar-refractivity contribution < 1.29 is 24.2 Å². The summed E-state index contributed by atoms with van der Waals surface area (Å²) < 4.78 is 5.50. The maximum Gasteiger partial charge on any atom is 0.407 e. The smallest absolute Gasteiger partial charge is 0.407 e. The second-order valence-corrected chi connectivity index (χ2v) is 9.00. The third kappa shape index (κ3) is 6.34. The topological polar surface area (TPSA) is 105 Å². The lowest BCUT2D eigenvalue weighted by Crippen LogP contribution is -2.44. The second-order valence-electron chi connectivity index (χ2n) is 9.00. The van der Waals surface area contributed by atoms with Crippen LogP contribution in [0.15, 0.2) is 48.5 Å². The van der Waals surface area contributed by atoms with E-state index in [9.17, 15) is 19.5 Å². The SMILES string of the molecule is CC(C)CCC(NC(=O)C[C@@H](C)NC(=O)OCC1c2ccccc2-c2ccccc21)C(=O)O. The molecule has 2 aromatic carbocycles. The fraction of sp³-hybridized carbons (Fsp3) is 0.423. The van der Waals surface area contributed by atoms with E-state index in [0.29, 0.717) is 18.8 Å². The largest absolute Gasteiger partial charge is 0.480 e. The first kappa shape index (κ1) is 24.3. The Morgan fingerprint density at radius 3 is 2.03 bits per heavy atom. The molecular weight excluding hydrogens is 420 g/mol. The van der Waals surface area contributed by atoms with Crippen molar-refractivity contribution in [1.82, 2.24) is 10.6 Å². The number of ether oxygens (including phenoxy) is 1. The van der Waals surface area contributed by atoms with E-state index in [-0.39, 0.29) is 18.9 Å². The first-order valence-electron chi connectivity index (χ1n) is 11.4. The lowest BCUT2D eigenvalue weighted by atomic mass is 9.98. The van der Waals surface area contributed by atoms with E-state index in [1.165, 1.54) is 0 Å². The molecule has 7 nitrogen and oxygen atoms in total. The van der Waals surface area contributed by atoms with Gasteiger partial charge in [0.1, 0.15) is 12.6 Å². The van der Waals surface area contributed by atoms with Crippen LogP contribution in [0, 0.1) is 5.92 Å². The van der Waals surface area contributed by atoms with Crippen LogP contribution in [-0.4, -0.2) is 41.8 Å². The van der Waals surface area contributed by atoms with Gasteiger partial charge in [0.05, 0.1) is 0 Å². The number of nitrogens with one attached hydrogen (secondary N) is 2. The summed E-state index contributed by atoms with van der Waals surface area (Å²) >= 11 is 0. The second kappa shape index (κ2) is 11.0. The molecule has 1 aliphatic rings. The van der Waals surface area contributed by atoms with E-state index < -0.39 is 30.1 Å². The van der Waals surface area contributed by atoms with Crippen LogP contribution >= 0.6 is 0 Å². The highest BCUT2D eigenvalue weighted by atomic mass is 16.5. The van der Waals surface area contributed by atoms with Gasteiger partial charge < -0.3 is 20.5 Å². The minimum absolute atomic E-state index is 0.0321. The van der Waals surface area contributed by atoms with Crippen LogP contribution < -0.4 is 10.6 Å². The normalized spacial score (nSPS) is 14.2. The molecule has 0 heterocycles. The van der Waals surface area contributed by atoms with E-state index in [1.807, 2.05) is 50.2 Å². The van der Waals surface area contributed by atoms with Crippen LogP contribution in [0.1, 0.15) is 57.1 Å². The van der Waals surface area contributed by atoms with Gasteiger partial charge in [0, 0.05) is 18.4 Å². The zero-order chi connectivity index (χ0) is 24.0. The number of amides is 2. The number of carbonyl (C=O) groups excluding carboxylic acids is 2. The molecule has 2 aromatic rings. The average Bonchev–Trinajstić information content (AvgIpc) is 3.08. The molecule has 0 saturated carbocycles. The van der Waals surface area contributed by atoms with Crippen molar-refractivity contribution in [3.05, 3.63) is 59.7 Å². The van der Waals surface area contributed by atoms with Crippen molar-refractivity contribution in [2.45, 2.75) is 58.0 Å². The summed E-state index contributed by atoms with van der Waals surface area (Å²) in [5.74, 6) is -1.17. The molecule has 2 amide bonds. The van der Waals surface area contributed by atoms with Crippen LogP contribution in [0.25, 0.3) is 11.1 Å². The van der Waals surface area contributed by atoms with E-state index >= 15 is 0 Å². The summed E-state index contributed by atoms with van der Waals surface area (Å²) in [6, 6.07) is 14.8. The third-order valence-electron chi connectivity index (χ3n) is 5.87. The van der Waals surface area contributed by atoms with Crippen molar-refractivity contribution in [1.29, 1.82) is 0 Å². The molecule has 0 radical (unpaired) electrons. The number of fused-ring (bicyclic) bond motifs is 3. The first-order valence-corrected chi connectivity index (χ1v) is 11.4. The Hall–Kier alpha value is -3.35. The van der Waals surface area contributed by atoms with Gasteiger partial charge in [0.25, 0.3) is 0 Å². The van der Waals surface area contributed by atoms with Gasteiger partial charge >= 0.3 is 12.1 Å². The molecule has 1 unspecified atom stereocenters. The van der Waals surface area contributed by atoms with E-state index in [0.717, 1.165) is 22.3 Å². The van der Waals surface area contributed by atoms with Gasteiger partial charge in [-0.05, 0) is 47.9 Å². The molecule has 3 rings (SSSR count). The van der Waals surface area contributed by atoms with Crippen molar-refractivity contribution in [3.63, 3.8) is 0 Å². The predicted molar refractivity (Wildman–Crippen MR) is 126 cm³/mol. The molecule has 2 atom stereocenters.